The summed E-state index contributed by atoms with van der Waals surface area (Å²) >= 11 is 0. The zero-order chi connectivity index (χ0) is 9.60. The van der Waals surface area contributed by atoms with Crippen LogP contribution in [0.2, 0.25) is 0 Å². The Hall–Kier alpha value is -0.530. The number of nitrogens with one attached hydrogen (secondary N) is 1. The zero-order valence-corrected chi connectivity index (χ0v) is 8.72. The molecular formula is C12H19NO. The first-order chi connectivity index (χ1) is 6.81. The summed E-state index contributed by atoms with van der Waals surface area (Å²) in [4.78, 5) is 11.5. The predicted molar refractivity (Wildman–Crippen MR) is 54.8 cm³/mol. The fraction of sp³-hybridized carbons (Fsp3) is 0.917. The molecule has 0 radical (unpaired) electrons. The van der Waals surface area contributed by atoms with Crippen molar-refractivity contribution in [2.24, 2.45) is 11.3 Å². The molecule has 1 unspecified atom stereocenters. The van der Waals surface area contributed by atoms with Crippen LogP contribution < -0.4 is 5.32 Å². The average Bonchev–Trinajstić information content (AvgIpc) is 2.52. The molecule has 2 nitrogen and oxygen atoms in total. The molecule has 1 N–H and O–H groups in total. The van der Waals surface area contributed by atoms with E-state index < -0.39 is 0 Å². The summed E-state index contributed by atoms with van der Waals surface area (Å²) in [5, 5.41) is 3.12. The number of hydrogen-bond donors (Lipinski definition) is 1. The largest absolute Gasteiger partial charge is 0.352 e. The van der Waals surface area contributed by atoms with Gasteiger partial charge in [-0.2, -0.15) is 0 Å². The van der Waals surface area contributed by atoms with Gasteiger partial charge in [-0.15, -0.1) is 0 Å². The van der Waals surface area contributed by atoms with Gasteiger partial charge in [0, 0.05) is 6.04 Å². The molecule has 2 heteroatoms. The first-order valence-electron chi connectivity index (χ1n) is 6.12. The number of hydrogen-bond acceptors (Lipinski definition) is 1. The summed E-state index contributed by atoms with van der Waals surface area (Å²) in [5.41, 5.74) is 0.128. The first kappa shape index (κ1) is 8.75. The van der Waals surface area contributed by atoms with Gasteiger partial charge in [0.05, 0.1) is 5.41 Å². The maximum atomic E-state index is 11.5. The molecule has 1 saturated heterocycles. The molecule has 1 heterocycles. The minimum Gasteiger partial charge on any atom is -0.352 e. The Morgan fingerprint density at radius 2 is 1.93 bits per heavy atom. The number of rotatable bonds is 2. The molecule has 3 aliphatic rings. The van der Waals surface area contributed by atoms with Crippen LogP contribution in [0.25, 0.3) is 0 Å². The normalized spacial score (nSPS) is 35.1. The van der Waals surface area contributed by atoms with Gasteiger partial charge in [-0.3, -0.25) is 4.79 Å². The van der Waals surface area contributed by atoms with Crippen LogP contribution in [0.4, 0.5) is 0 Å². The van der Waals surface area contributed by atoms with Gasteiger partial charge >= 0.3 is 0 Å². The second-order valence-electron chi connectivity index (χ2n) is 5.42. The van der Waals surface area contributed by atoms with Crippen molar-refractivity contribution in [2.45, 2.75) is 57.4 Å². The second-order valence-corrected chi connectivity index (χ2v) is 5.42. The molecule has 3 rings (SSSR count). The summed E-state index contributed by atoms with van der Waals surface area (Å²) in [6.07, 6.45) is 10.5. The van der Waals surface area contributed by atoms with Crippen LogP contribution in [0.15, 0.2) is 0 Å². The molecule has 1 spiro atoms. The molecule has 0 aromatic carbocycles. The molecule has 1 atom stereocenters. The first-order valence-corrected chi connectivity index (χ1v) is 6.12. The van der Waals surface area contributed by atoms with Crippen molar-refractivity contribution in [3.05, 3.63) is 0 Å². The predicted octanol–water partition coefficient (Wildman–Crippen LogP) is 2.24. The topological polar surface area (TPSA) is 29.1 Å². The smallest absolute Gasteiger partial charge is 0.228 e. The third-order valence-electron chi connectivity index (χ3n) is 4.71. The Labute approximate surface area is 85.4 Å². The highest BCUT2D eigenvalue weighted by Gasteiger charge is 2.58. The molecule has 78 valence electrons. The monoisotopic (exact) mass is 193 g/mol. The van der Waals surface area contributed by atoms with E-state index in [1.165, 1.54) is 38.5 Å². The Bertz CT molecular complexity index is 251. The third-order valence-corrected chi connectivity index (χ3v) is 4.71. The van der Waals surface area contributed by atoms with Crippen LogP contribution >= 0.6 is 0 Å². The Morgan fingerprint density at radius 1 is 1.21 bits per heavy atom. The van der Waals surface area contributed by atoms with E-state index >= 15 is 0 Å². The molecule has 3 fully saturated rings. The summed E-state index contributed by atoms with van der Waals surface area (Å²) in [6.45, 7) is 0. The Kier molecular flexibility index (Phi) is 1.86. The van der Waals surface area contributed by atoms with Gasteiger partial charge in [-0.05, 0) is 25.2 Å². The summed E-state index contributed by atoms with van der Waals surface area (Å²) in [7, 11) is 0. The van der Waals surface area contributed by atoms with Crippen molar-refractivity contribution >= 4 is 5.91 Å². The summed E-state index contributed by atoms with van der Waals surface area (Å²) in [5.74, 6) is 1.27. The molecule has 1 amide bonds. The standard InChI is InChI=1S/C12H19NO/c14-11-12(6-3-7-12)10(13-11)8-9-4-1-2-5-9/h9-10H,1-8H2,(H,13,14). The molecule has 0 aromatic rings. The van der Waals surface area contributed by atoms with Gasteiger partial charge in [-0.25, -0.2) is 0 Å². The van der Waals surface area contributed by atoms with E-state index in [1.807, 2.05) is 0 Å². The number of carbonyl (C=O) groups excluding carboxylic acids is 1. The van der Waals surface area contributed by atoms with E-state index in [-0.39, 0.29) is 5.41 Å². The van der Waals surface area contributed by atoms with Crippen LogP contribution in [-0.2, 0) is 4.79 Å². The van der Waals surface area contributed by atoms with Crippen molar-refractivity contribution in [1.29, 1.82) is 0 Å². The fourth-order valence-corrected chi connectivity index (χ4v) is 3.52. The fourth-order valence-electron chi connectivity index (χ4n) is 3.52. The molecule has 0 aromatic heterocycles. The van der Waals surface area contributed by atoms with E-state index in [9.17, 15) is 4.79 Å². The summed E-state index contributed by atoms with van der Waals surface area (Å²) in [6, 6.07) is 0.548. The molecule has 2 aliphatic carbocycles. The SMILES string of the molecule is O=C1NC(CC2CCCC2)C12CCC2. The van der Waals surface area contributed by atoms with E-state index in [0.717, 1.165) is 18.8 Å². The van der Waals surface area contributed by atoms with Gasteiger partial charge in [0.25, 0.3) is 0 Å². The lowest BCUT2D eigenvalue weighted by Gasteiger charge is -2.55. The van der Waals surface area contributed by atoms with Crippen LogP contribution in [0.1, 0.15) is 51.4 Å². The van der Waals surface area contributed by atoms with Crippen molar-refractivity contribution in [3.8, 4) is 0 Å². The van der Waals surface area contributed by atoms with Crippen LogP contribution in [0.3, 0.4) is 0 Å². The highest BCUT2D eigenvalue weighted by molar-refractivity contribution is 5.90. The van der Waals surface area contributed by atoms with Gasteiger partial charge in [0.2, 0.25) is 5.91 Å². The van der Waals surface area contributed by atoms with Crippen molar-refractivity contribution in [2.75, 3.05) is 0 Å². The van der Waals surface area contributed by atoms with Crippen molar-refractivity contribution < 1.29 is 4.79 Å². The van der Waals surface area contributed by atoms with Gasteiger partial charge in [0.15, 0.2) is 0 Å². The van der Waals surface area contributed by atoms with Gasteiger partial charge in [-0.1, -0.05) is 32.1 Å². The summed E-state index contributed by atoms with van der Waals surface area (Å²) < 4.78 is 0. The number of carbonyl (C=O) groups is 1. The maximum absolute atomic E-state index is 11.5. The quantitative estimate of drug-likeness (QED) is 0.669. The highest BCUT2D eigenvalue weighted by Crippen LogP contribution is 2.51. The van der Waals surface area contributed by atoms with E-state index in [4.69, 9.17) is 0 Å². The highest BCUT2D eigenvalue weighted by atomic mass is 16.2. The maximum Gasteiger partial charge on any atom is 0.228 e. The molecule has 1 aliphatic heterocycles. The second kappa shape index (κ2) is 2.98. The van der Waals surface area contributed by atoms with E-state index in [2.05, 4.69) is 5.32 Å². The number of amides is 1. The van der Waals surface area contributed by atoms with Crippen LogP contribution in [-0.4, -0.2) is 11.9 Å². The lowest BCUT2D eigenvalue weighted by molar-refractivity contribution is -0.155. The minimum absolute atomic E-state index is 0.128. The Morgan fingerprint density at radius 3 is 2.43 bits per heavy atom. The lowest BCUT2D eigenvalue weighted by atomic mass is 9.57. The van der Waals surface area contributed by atoms with E-state index in [0.29, 0.717) is 11.9 Å². The van der Waals surface area contributed by atoms with Crippen LogP contribution in [0.5, 0.6) is 0 Å². The lowest BCUT2D eigenvalue weighted by Crippen LogP contribution is -2.70. The Balaban J connectivity index is 1.61. The molecule has 14 heavy (non-hydrogen) atoms. The average molecular weight is 193 g/mol. The van der Waals surface area contributed by atoms with Crippen LogP contribution in [0, 0.1) is 11.3 Å². The molecule has 0 bridgehead atoms. The van der Waals surface area contributed by atoms with Crippen molar-refractivity contribution in [1.82, 2.24) is 5.32 Å². The van der Waals surface area contributed by atoms with Gasteiger partial charge < -0.3 is 5.32 Å². The molecular weight excluding hydrogens is 174 g/mol. The molecule has 2 saturated carbocycles. The number of β-lactam (4-membered cyclic amide) rings is 1. The zero-order valence-electron chi connectivity index (χ0n) is 8.72. The van der Waals surface area contributed by atoms with E-state index in [1.54, 1.807) is 0 Å². The minimum atomic E-state index is 0.128. The third kappa shape index (κ3) is 1.06. The van der Waals surface area contributed by atoms with Gasteiger partial charge in [0.1, 0.15) is 0 Å². The van der Waals surface area contributed by atoms with Crippen molar-refractivity contribution in [3.63, 3.8) is 0 Å².